The monoisotopic (exact) mass is 1770 g/mol. The lowest BCUT2D eigenvalue weighted by molar-refractivity contribution is 0.0946. The van der Waals surface area contributed by atoms with E-state index in [1.54, 1.807) is 62.4 Å². The number of anilines is 4. The van der Waals surface area contributed by atoms with Crippen molar-refractivity contribution in [2.75, 3.05) is 118 Å². The molecule has 0 saturated carbocycles. The van der Waals surface area contributed by atoms with Crippen LogP contribution in [-0.2, 0) is 17.6 Å². The molecule has 0 radical (unpaired) electrons. The quantitative estimate of drug-likeness (QED) is 0.0207. The second-order valence-corrected chi connectivity index (χ2v) is 34.2. The molecule has 8 aromatic carbocycles. The highest BCUT2D eigenvalue weighted by Crippen LogP contribution is 2.35. The Hall–Kier alpha value is -14.9. The smallest absolute Gasteiger partial charge is 0.251 e. The van der Waals surface area contributed by atoms with Crippen molar-refractivity contribution >= 4 is 58.3 Å². The fourth-order valence-corrected chi connectivity index (χ4v) is 16.1. The van der Waals surface area contributed by atoms with E-state index in [1.165, 1.54) is 61.1 Å². The number of carbonyl (C=O) groups excluding carboxylic acids is 3. The number of nitrogens with zero attached hydrogens (tertiary/aromatic N) is 8. The Bertz CT molecular complexity index is 6080. The van der Waals surface area contributed by atoms with E-state index in [4.69, 9.17) is 9.47 Å². The van der Waals surface area contributed by atoms with Gasteiger partial charge in [-0.05, 0) is 250 Å². The van der Waals surface area contributed by atoms with Gasteiger partial charge in [0.2, 0.25) is 0 Å². The molecule has 4 saturated heterocycles. The Morgan fingerprint density at radius 2 is 0.871 bits per heavy atom. The van der Waals surface area contributed by atoms with Crippen LogP contribution in [0.5, 0.6) is 5.75 Å². The summed E-state index contributed by atoms with van der Waals surface area (Å²) in [5.74, 6) is 27.1. The van der Waals surface area contributed by atoms with Crippen molar-refractivity contribution in [1.29, 1.82) is 0 Å². The highest BCUT2D eigenvalue weighted by Gasteiger charge is 2.29. The summed E-state index contributed by atoms with van der Waals surface area (Å²) in [6.07, 6.45) is 31.7. The minimum atomic E-state index is -0.289. The number of carbonyl (C=O) groups is 3. The van der Waals surface area contributed by atoms with Crippen molar-refractivity contribution in [2.24, 2.45) is 17.3 Å². The Morgan fingerprint density at radius 3 is 1.31 bits per heavy atom. The first-order valence-electron chi connectivity index (χ1n) is 45.3. The molecule has 2 atom stereocenters. The van der Waals surface area contributed by atoms with Gasteiger partial charge in [0.15, 0.2) is 0 Å². The Labute approximate surface area is 774 Å². The molecule has 21 nitrogen and oxygen atoms in total. The van der Waals surface area contributed by atoms with Crippen LogP contribution in [0, 0.1) is 83.2 Å². The number of aryl methyl sites for hydroxylation is 3. The van der Waals surface area contributed by atoms with Crippen LogP contribution in [0.3, 0.4) is 0 Å². The molecular weight excluding hydrogens is 1650 g/mol. The summed E-state index contributed by atoms with van der Waals surface area (Å²) in [4.78, 5) is 47.7. The van der Waals surface area contributed by atoms with Gasteiger partial charge in [-0.3, -0.25) is 34.8 Å². The molecule has 3 amide bonds. The topological polar surface area (TPSA) is 245 Å². The number of amides is 3. The molecule has 16 rings (SSSR count). The molecule has 0 unspecified atom stereocenters. The number of methoxy groups -OCH3 is 1. The van der Waals surface area contributed by atoms with E-state index in [2.05, 4.69) is 201 Å². The molecule has 4 aliphatic heterocycles. The van der Waals surface area contributed by atoms with Crippen molar-refractivity contribution in [2.45, 2.75) is 92.4 Å². The van der Waals surface area contributed by atoms with E-state index in [9.17, 15) is 23.2 Å². The molecule has 4 aromatic heterocycles. The summed E-state index contributed by atoms with van der Waals surface area (Å²) in [5, 5.41) is 39.2. The zero-order chi connectivity index (χ0) is 92.2. The summed E-state index contributed by atoms with van der Waals surface area (Å²) < 4.78 is 37.3. The van der Waals surface area contributed by atoms with Crippen molar-refractivity contribution in [3.63, 3.8) is 0 Å². The molecule has 0 spiro atoms. The van der Waals surface area contributed by atoms with Crippen LogP contribution in [0.2, 0.25) is 0 Å². The van der Waals surface area contributed by atoms with Gasteiger partial charge in [-0.25, -0.2) is 8.78 Å². The predicted octanol–water partition coefficient (Wildman–Crippen LogP) is 17.8. The van der Waals surface area contributed by atoms with Gasteiger partial charge >= 0.3 is 0 Å². The third-order valence-corrected chi connectivity index (χ3v) is 23.0. The summed E-state index contributed by atoms with van der Waals surface area (Å²) in [6.45, 7) is 26.8. The first kappa shape index (κ1) is 94.7. The number of piperidine rings is 2. The van der Waals surface area contributed by atoms with Gasteiger partial charge in [-0.2, -0.15) is 20.4 Å². The highest BCUT2D eigenvalue weighted by molar-refractivity contribution is 5.97. The van der Waals surface area contributed by atoms with Gasteiger partial charge < -0.3 is 50.3 Å². The zero-order valence-electron chi connectivity index (χ0n) is 76.1. The molecule has 0 bridgehead atoms. The maximum Gasteiger partial charge on any atom is 0.251 e. The predicted molar refractivity (Wildman–Crippen MR) is 525 cm³/mol. The number of halogens is 2. The van der Waals surface area contributed by atoms with Crippen LogP contribution >= 0.6 is 0 Å². The van der Waals surface area contributed by atoms with Gasteiger partial charge in [-0.1, -0.05) is 130 Å². The lowest BCUT2D eigenvalue weighted by Gasteiger charge is -2.40. The van der Waals surface area contributed by atoms with Crippen LogP contribution in [0.25, 0.3) is 17.8 Å². The zero-order valence-corrected chi connectivity index (χ0v) is 76.1. The number of hydrogen-bond donors (Lipinski definition) is 8. The summed E-state index contributed by atoms with van der Waals surface area (Å²) >= 11 is 0. The van der Waals surface area contributed by atoms with Crippen LogP contribution < -0.4 is 45.6 Å². The van der Waals surface area contributed by atoms with Crippen molar-refractivity contribution in [1.82, 2.24) is 62.1 Å². The molecule has 676 valence electrons. The fourth-order valence-electron chi connectivity index (χ4n) is 16.1. The normalized spacial score (nSPS) is 14.8. The number of benzene rings is 8. The molecule has 4 fully saturated rings. The first-order valence-corrected chi connectivity index (χ1v) is 45.3. The minimum Gasteiger partial charge on any atom is -0.497 e. The van der Waals surface area contributed by atoms with Gasteiger partial charge in [0.05, 0.1) is 67.9 Å². The number of aromatic nitrogens is 8. The molecule has 4 aliphatic rings. The summed E-state index contributed by atoms with van der Waals surface area (Å²) in [5.41, 5.74) is 20.6. The van der Waals surface area contributed by atoms with E-state index in [0.717, 1.165) is 205 Å². The summed E-state index contributed by atoms with van der Waals surface area (Å²) in [7, 11) is 1.67. The molecule has 8 N–H and O–H groups in total. The molecule has 132 heavy (non-hydrogen) atoms. The number of morpholine rings is 1. The van der Waals surface area contributed by atoms with E-state index in [0.29, 0.717) is 48.2 Å². The SMILES string of the molecule is C=C(NCCCc1cn[nH]c1)c1ccc(N2CCOCC2)c(C#Cc2ccc(OC)cc2)c1.CC1(C)CCCN(c2ccc(C(=O)NCCCc3cn[nH]c3)cc2C#Cc2ccc(F)cc2)C1.C[C@@H]1C[C@H](C)CN(c2ccc(C(=O)NC/C=C/c3cn[nH]c3)cc2C#Cc2ccc(F)cc2)C1.Cc1ccc(C#Cc2cc(C(=O)NC/C=C/c3cn[nH]c3)ccc2N2CCCC2)cc1. The number of hydrogen-bond acceptors (Lipinski definition) is 14. The molecular formula is C109H116F2N16O5. The van der Waals surface area contributed by atoms with E-state index in [1.807, 2.05) is 134 Å². The third-order valence-electron chi connectivity index (χ3n) is 23.0. The van der Waals surface area contributed by atoms with E-state index >= 15 is 0 Å². The van der Waals surface area contributed by atoms with Crippen molar-refractivity contribution in [3.05, 3.63) is 344 Å². The fraction of sp³-hybridized carbons (Fsp3) is 0.294. The number of H-pyrrole nitrogens is 4. The number of ether oxygens (including phenoxy) is 2. The maximum absolute atomic E-state index is 13.3. The highest BCUT2D eigenvalue weighted by atomic mass is 19.1. The van der Waals surface area contributed by atoms with E-state index < -0.39 is 0 Å². The lowest BCUT2D eigenvalue weighted by Crippen LogP contribution is -2.40. The number of nitrogens with one attached hydrogen (secondary N) is 8. The Morgan fingerprint density at radius 1 is 0.477 bits per heavy atom. The van der Waals surface area contributed by atoms with Crippen molar-refractivity contribution < 1.29 is 32.6 Å². The second kappa shape index (κ2) is 48.5. The molecule has 0 aliphatic carbocycles. The van der Waals surface area contributed by atoms with Crippen LogP contribution in [0.4, 0.5) is 31.5 Å². The lowest BCUT2D eigenvalue weighted by atomic mass is 9.83. The number of aromatic amines is 4. The van der Waals surface area contributed by atoms with E-state index in [-0.39, 0.29) is 34.8 Å². The van der Waals surface area contributed by atoms with Crippen LogP contribution in [0.1, 0.15) is 182 Å². The van der Waals surface area contributed by atoms with Gasteiger partial charge in [-0.15, -0.1) is 0 Å². The average molecular weight is 1770 g/mol. The molecule has 23 heteroatoms. The van der Waals surface area contributed by atoms with Crippen molar-refractivity contribution in [3.8, 4) is 53.1 Å². The first-order chi connectivity index (χ1) is 64.3. The van der Waals surface area contributed by atoms with Gasteiger partial charge in [0.1, 0.15) is 17.4 Å². The van der Waals surface area contributed by atoms with Gasteiger partial charge in [0, 0.05) is 181 Å². The average Bonchev–Trinajstić information content (AvgIpc) is 0.828. The van der Waals surface area contributed by atoms with Gasteiger partial charge in [0.25, 0.3) is 17.7 Å². The van der Waals surface area contributed by atoms with Crippen LogP contribution in [0.15, 0.2) is 238 Å². The third kappa shape index (κ3) is 29.3. The van der Waals surface area contributed by atoms with Crippen LogP contribution in [-0.4, -0.2) is 157 Å². The number of rotatable bonds is 24. The standard InChI is InChI=1S/C28H31FN4O.C28H29FN4O.C27H30N4O2.C26H26N4O/c1-28(2)14-4-16-33(20-28)26-13-10-24(27(34)30-15-3-5-22-18-31-32-19-22)17-23(26)9-6-21-7-11-25(29)12-8-21;1-20-14-21(2)19-33(18-20)27-12-9-25(28(34)30-13-3-4-23-16-31-32-17-23)15-24(27)8-5-22-6-10-26(29)11-7-22;1-21(28-13-3-4-23-19-29-30-20-23)24-9-12-27(31-14-16-33-17-15-31)25(18-24)8-5-22-6-10-26(32-2)11-7-22;1-20-6-8-21(9-7-20)10-11-23-17-24(12-13-25(23)30-15-2-3-16-30)26(31)27-14-4-5-22-18-28-29-19-22/h7-8,10-13,17-19H,3-5,14-16,20H2,1-2H3,(H,30,34)(H,31,32);3-4,6-7,9-12,15-17,20-21H,13-14,18-19H2,1-2H3,(H,30,34)(H,31,32);6-7,9-12,18-20,28H,1,3-4,13-17H2,2H3,(H,29,30);4-9,12-13,17-19H,2-3,14-16H2,1H3,(H,27,31)(H,28,29)/b;4-3+;;5-4+/t;20-,21+;;. The molecule has 12 aromatic rings. The maximum atomic E-state index is 13.3. The second-order valence-electron chi connectivity index (χ2n) is 34.2. The largest absolute Gasteiger partial charge is 0.497 e. The Kier molecular flexibility index (Phi) is 34.8. The Balaban J connectivity index is 0.000000150. The summed E-state index contributed by atoms with van der Waals surface area (Å²) in [6, 6.07) is 52.0. The minimum absolute atomic E-state index is 0.108. The molecule has 8 heterocycles.